The normalized spacial score (nSPS) is 12.3. The molecule has 4 rings (SSSR count). The first-order chi connectivity index (χ1) is 16.7. The van der Waals surface area contributed by atoms with Crippen LogP contribution in [0.4, 0.5) is 5.69 Å². The summed E-state index contributed by atoms with van der Waals surface area (Å²) in [5.41, 5.74) is 8.10. The van der Waals surface area contributed by atoms with Crippen molar-refractivity contribution in [2.24, 2.45) is 5.41 Å². The Kier molecular flexibility index (Phi) is 6.87. The zero-order chi connectivity index (χ0) is 25.0. The lowest BCUT2D eigenvalue weighted by atomic mass is 9.86. The number of anilines is 1. The van der Waals surface area contributed by atoms with E-state index < -0.39 is 6.04 Å². The minimum atomic E-state index is -0.395. The predicted octanol–water partition coefficient (Wildman–Crippen LogP) is 4.25. The van der Waals surface area contributed by atoms with E-state index in [-0.39, 0.29) is 29.1 Å². The van der Waals surface area contributed by atoms with Crippen LogP contribution in [0, 0.1) is 5.41 Å². The summed E-state index contributed by atoms with van der Waals surface area (Å²) in [5, 5.41) is 3.14. The molecule has 7 nitrogen and oxygen atoms in total. The van der Waals surface area contributed by atoms with Gasteiger partial charge in [-0.1, -0.05) is 81.4 Å². The summed E-state index contributed by atoms with van der Waals surface area (Å²) in [6.45, 7) is 6.69. The molecule has 2 heterocycles. The number of carbonyl (C=O) groups is 1. The van der Waals surface area contributed by atoms with Gasteiger partial charge in [0.25, 0.3) is 5.56 Å². The number of benzene rings is 2. The largest absolute Gasteiger partial charge is 0.394 e. The van der Waals surface area contributed by atoms with Gasteiger partial charge in [-0.25, -0.2) is 4.98 Å². The molecule has 35 heavy (non-hydrogen) atoms. The average molecular weight is 470 g/mol. The third kappa shape index (κ3) is 5.69. The smallest absolute Gasteiger partial charge is 0.274 e. The molecule has 7 heteroatoms. The van der Waals surface area contributed by atoms with Crippen LogP contribution >= 0.6 is 0 Å². The quantitative estimate of drug-likeness (QED) is 0.423. The molecule has 3 N–H and O–H groups in total. The van der Waals surface area contributed by atoms with Crippen LogP contribution in [0.1, 0.15) is 38.2 Å². The van der Waals surface area contributed by atoms with E-state index in [1.54, 1.807) is 12.3 Å². The number of hydrogen-bond donors (Lipinski definition) is 2. The van der Waals surface area contributed by atoms with Crippen LogP contribution in [0.2, 0.25) is 0 Å². The highest BCUT2D eigenvalue weighted by molar-refractivity contribution is 5.76. The van der Waals surface area contributed by atoms with Gasteiger partial charge in [-0.05, 0) is 23.1 Å². The average Bonchev–Trinajstić information content (AvgIpc) is 3.24. The van der Waals surface area contributed by atoms with Crippen molar-refractivity contribution in [2.75, 3.05) is 5.73 Å². The van der Waals surface area contributed by atoms with Gasteiger partial charge in [-0.3, -0.25) is 9.59 Å². The number of hydrogen-bond acceptors (Lipinski definition) is 4. The van der Waals surface area contributed by atoms with Crippen molar-refractivity contribution in [1.82, 2.24) is 19.4 Å². The Labute approximate surface area is 205 Å². The number of nitrogens with two attached hydrogens (primary N) is 1. The highest BCUT2D eigenvalue weighted by Crippen LogP contribution is 2.34. The predicted molar refractivity (Wildman–Crippen MR) is 139 cm³/mol. The Morgan fingerprint density at radius 3 is 2.29 bits per heavy atom. The number of nitrogens with one attached hydrogen (secondary N) is 1. The zero-order valence-corrected chi connectivity index (χ0v) is 20.3. The second-order valence-corrected chi connectivity index (χ2v) is 9.73. The molecule has 2 aromatic heterocycles. The van der Waals surface area contributed by atoms with Gasteiger partial charge in [-0.15, -0.1) is 0 Å². The van der Waals surface area contributed by atoms with Crippen LogP contribution in [0.25, 0.3) is 11.3 Å². The molecule has 2 aromatic carbocycles. The number of rotatable bonds is 7. The standard InChI is InChI=1S/C28H31N5O2/c1-28(2,3)25(31-24(34)19-32-16-10-15-22(29)27(32)35)26-30-23(21-13-8-5-9-14-21)18-33(26)17-20-11-6-4-7-12-20/h4-16,18,25H,17,19,29H2,1-3H3,(H,31,34)/t25-/m0/s1. The first kappa shape index (κ1) is 24.0. The molecule has 0 spiro atoms. The van der Waals surface area contributed by atoms with Crippen LogP contribution < -0.4 is 16.6 Å². The van der Waals surface area contributed by atoms with Crippen LogP contribution in [0.5, 0.6) is 0 Å². The monoisotopic (exact) mass is 469 g/mol. The lowest BCUT2D eigenvalue weighted by Crippen LogP contribution is -2.41. The molecule has 1 amide bonds. The lowest BCUT2D eigenvalue weighted by Gasteiger charge is -2.31. The second-order valence-electron chi connectivity index (χ2n) is 9.73. The number of nitrogens with zero attached hydrogens (tertiary/aromatic N) is 3. The molecule has 0 saturated carbocycles. The SMILES string of the molecule is CC(C)(C)[C@@H](NC(=O)Cn1cccc(N)c1=O)c1nc(-c2ccccc2)cn1Cc1ccccc1. The van der Waals surface area contributed by atoms with Crippen molar-refractivity contribution < 1.29 is 4.79 Å². The molecule has 0 saturated heterocycles. The van der Waals surface area contributed by atoms with Gasteiger partial charge in [0.1, 0.15) is 12.4 Å². The van der Waals surface area contributed by atoms with Gasteiger partial charge in [0.05, 0.1) is 17.4 Å². The van der Waals surface area contributed by atoms with Gasteiger partial charge < -0.3 is 20.2 Å². The van der Waals surface area contributed by atoms with Crippen molar-refractivity contribution in [1.29, 1.82) is 0 Å². The summed E-state index contributed by atoms with van der Waals surface area (Å²) in [4.78, 5) is 30.4. The van der Waals surface area contributed by atoms with E-state index in [9.17, 15) is 9.59 Å². The van der Waals surface area contributed by atoms with Gasteiger partial charge >= 0.3 is 0 Å². The van der Waals surface area contributed by atoms with E-state index in [2.05, 4.69) is 42.8 Å². The van der Waals surface area contributed by atoms with Crippen LogP contribution in [-0.2, 0) is 17.9 Å². The van der Waals surface area contributed by atoms with Gasteiger partial charge in [-0.2, -0.15) is 0 Å². The van der Waals surface area contributed by atoms with E-state index in [1.807, 2.05) is 54.7 Å². The van der Waals surface area contributed by atoms with Crippen molar-refractivity contribution in [3.63, 3.8) is 0 Å². The van der Waals surface area contributed by atoms with E-state index in [1.165, 1.54) is 10.6 Å². The van der Waals surface area contributed by atoms with Gasteiger partial charge in [0, 0.05) is 24.5 Å². The van der Waals surface area contributed by atoms with Crippen molar-refractivity contribution in [2.45, 2.75) is 39.9 Å². The van der Waals surface area contributed by atoms with Crippen LogP contribution in [0.3, 0.4) is 0 Å². The molecule has 180 valence electrons. The fraction of sp³-hybridized carbons (Fsp3) is 0.250. The minimum absolute atomic E-state index is 0.110. The fourth-order valence-electron chi connectivity index (χ4n) is 4.02. The Morgan fingerprint density at radius 2 is 1.63 bits per heavy atom. The van der Waals surface area contributed by atoms with E-state index in [0.29, 0.717) is 6.54 Å². The number of amides is 1. The van der Waals surface area contributed by atoms with E-state index >= 15 is 0 Å². The molecule has 0 aliphatic rings. The maximum Gasteiger partial charge on any atom is 0.274 e. The molecule has 0 fully saturated rings. The molecule has 0 bridgehead atoms. The Bertz CT molecular complexity index is 1350. The number of pyridine rings is 1. The summed E-state index contributed by atoms with van der Waals surface area (Å²) in [7, 11) is 0. The molecule has 1 atom stereocenters. The number of nitrogen functional groups attached to an aromatic ring is 1. The molecule has 0 radical (unpaired) electrons. The summed E-state index contributed by atoms with van der Waals surface area (Å²) < 4.78 is 3.41. The molecule has 0 aliphatic heterocycles. The maximum absolute atomic E-state index is 13.1. The van der Waals surface area contributed by atoms with Crippen LogP contribution in [0.15, 0.2) is 90.0 Å². The maximum atomic E-state index is 13.1. The minimum Gasteiger partial charge on any atom is -0.394 e. The zero-order valence-electron chi connectivity index (χ0n) is 20.3. The lowest BCUT2D eigenvalue weighted by molar-refractivity contribution is -0.123. The number of imidazole rings is 1. The Morgan fingerprint density at radius 1 is 0.971 bits per heavy atom. The first-order valence-electron chi connectivity index (χ1n) is 11.6. The van der Waals surface area contributed by atoms with E-state index in [4.69, 9.17) is 10.7 Å². The Hall–Kier alpha value is -4.13. The summed E-state index contributed by atoms with van der Waals surface area (Å²) in [6, 6.07) is 22.9. The van der Waals surface area contributed by atoms with Crippen molar-refractivity contribution >= 4 is 11.6 Å². The molecular weight excluding hydrogens is 438 g/mol. The summed E-state index contributed by atoms with van der Waals surface area (Å²) >= 11 is 0. The highest BCUT2D eigenvalue weighted by atomic mass is 16.2. The van der Waals surface area contributed by atoms with Crippen LogP contribution in [-0.4, -0.2) is 20.0 Å². The molecular formula is C28H31N5O2. The van der Waals surface area contributed by atoms with Gasteiger partial charge in [0.15, 0.2) is 0 Å². The van der Waals surface area contributed by atoms with Gasteiger partial charge in [0.2, 0.25) is 5.91 Å². The third-order valence-corrected chi connectivity index (χ3v) is 5.87. The summed E-state index contributed by atoms with van der Waals surface area (Å²) in [5.74, 6) is 0.474. The van der Waals surface area contributed by atoms with Crippen molar-refractivity contribution in [3.8, 4) is 11.3 Å². The topological polar surface area (TPSA) is 94.9 Å². The van der Waals surface area contributed by atoms with E-state index in [0.717, 1.165) is 22.6 Å². The third-order valence-electron chi connectivity index (χ3n) is 5.87. The van der Waals surface area contributed by atoms with Crippen molar-refractivity contribution in [3.05, 3.63) is 107 Å². The fourth-order valence-corrected chi connectivity index (χ4v) is 4.02. The second kappa shape index (κ2) is 10.0. The number of carbonyl (C=O) groups excluding carboxylic acids is 1. The molecule has 4 aromatic rings. The first-order valence-corrected chi connectivity index (χ1v) is 11.6. The molecule has 0 aliphatic carbocycles. The highest BCUT2D eigenvalue weighted by Gasteiger charge is 2.32. The summed E-state index contributed by atoms with van der Waals surface area (Å²) in [6.07, 6.45) is 3.60. The number of aromatic nitrogens is 3. The molecule has 0 unspecified atom stereocenters. The Balaban J connectivity index is 1.70.